The molecular formula is C18H18F3N3O4. The van der Waals surface area contributed by atoms with Crippen LogP contribution in [0.15, 0.2) is 35.3 Å². The third kappa shape index (κ3) is 4.10. The number of H-pyrrole nitrogens is 1. The van der Waals surface area contributed by atoms with Crippen molar-refractivity contribution in [3.05, 3.63) is 51.9 Å². The van der Waals surface area contributed by atoms with E-state index in [-0.39, 0.29) is 23.8 Å². The molecule has 0 spiro atoms. The van der Waals surface area contributed by atoms with Gasteiger partial charge in [0.15, 0.2) is 0 Å². The summed E-state index contributed by atoms with van der Waals surface area (Å²) in [6.07, 6.45) is -3.26. The van der Waals surface area contributed by atoms with Gasteiger partial charge in [-0.15, -0.1) is 0 Å². The molecular weight excluding hydrogens is 379 g/mol. The van der Waals surface area contributed by atoms with Crippen molar-refractivity contribution in [1.29, 1.82) is 0 Å². The molecule has 1 aliphatic heterocycles. The first-order valence-electron chi connectivity index (χ1n) is 8.54. The molecule has 2 aromatic rings. The number of anilines is 1. The van der Waals surface area contributed by atoms with Crippen LogP contribution in [0.5, 0.6) is 5.75 Å². The lowest BCUT2D eigenvalue weighted by Crippen LogP contribution is -2.38. The first-order chi connectivity index (χ1) is 13.2. The van der Waals surface area contributed by atoms with E-state index in [0.29, 0.717) is 18.7 Å². The van der Waals surface area contributed by atoms with E-state index in [1.54, 1.807) is 6.07 Å². The van der Waals surface area contributed by atoms with Crippen LogP contribution < -0.4 is 15.2 Å². The van der Waals surface area contributed by atoms with Gasteiger partial charge >= 0.3 is 12.1 Å². The predicted molar refractivity (Wildman–Crippen MR) is 93.7 cm³/mol. The topological polar surface area (TPSA) is 95.5 Å². The van der Waals surface area contributed by atoms with E-state index in [9.17, 15) is 22.8 Å². The number of alkyl halides is 3. The third-order valence-electron chi connectivity index (χ3n) is 4.58. The molecule has 2 N–H and O–H groups in total. The summed E-state index contributed by atoms with van der Waals surface area (Å²) >= 11 is 0. The van der Waals surface area contributed by atoms with E-state index in [0.717, 1.165) is 6.20 Å². The summed E-state index contributed by atoms with van der Waals surface area (Å²) in [6, 6.07) is 5.44. The molecule has 0 unspecified atom stereocenters. The monoisotopic (exact) mass is 397 g/mol. The molecule has 2 atom stereocenters. The second-order valence-corrected chi connectivity index (χ2v) is 6.75. The van der Waals surface area contributed by atoms with Crippen LogP contribution in [0.25, 0.3) is 0 Å². The molecule has 1 aliphatic rings. The van der Waals surface area contributed by atoms with Gasteiger partial charge in [-0.1, -0.05) is 13.0 Å². The minimum absolute atomic E-state index is 0.0392. The molecule has 0 radical (unpaired) electrons. The molecule has 0 amide bonds. The fourth-order valence-corrected chi connectivity index (χ4v) is 3.40. The first kappa shape index (κ1) is 19.7. The Bertz CT molecular complexity index is 929. The molecule has 150 valence electrons. The Kier molecular flexibility index (Phi) is 5.30. The molecule has 0 aliphatic carbocycles. The van der Waals surface area contributed by atoms with E-state index in [1.165, 1.54) is 23.1 Å². The van der Waals surface area contributed by atoms with Crippen molar-refractivity contribution >= 4 is 11.7 Å². The van der Waals surface area contributed by atoms with Gasteiger partial charge in [0.2, 0.25) is 0 Å². The summed E-state index contributed by atoms with van der Waals surface area (Å²) in [5.74, 6) is -0.718. The second kappa shape index (κ2) is 7.53. The number of aromatic nitrogens is 2. The Morgan fingerprint density at radius 3 is 2.86 bits per heavy atom. The smallest absolute Gasteiger partial charge is 0.423 e. The summed E-state index contributed by atoms with van der Waals surface area (Å²) in [5.41, 5.74) is -2.81. The minimum atomic E-state index is -4.82. The van der Waals surface area contributed by atoms with Crippen molar-refractivity contribution in [3.63, 3.8) is 0 Å². The van der Waals surface area contributed by atoms with Gasteiger partial charge in [0.05, 0.1) is 23.5 Å². The summed E-state index contributed by atoms with van der Waals surface area (Å²) in [6.45, 7) is 2.25. The van der Waals surface area contributed by atoms with Crippen LogP contribution in [0, 0.1) is 5.92 Å². The molecule has 0 saturated carbocycles. The number of aromatic amines is 1. The second-order valence-electron chi connectivity index (χ2n) is 6.75. The van der Waals surface area contributed by atoms with Crippen LogP contribution >= 0.6 is 0 Å². The van der Waals surface area contributed by atoms with Crippen molar-refractivity contribution in [2.45, 2.75) is 25.6 Å². The quantitative estimate of drug-likeness (QED) is 0.806. The van der Waals surface area contributed by atoms with Crippen molar-refractivity contribution in [3.8, 4) is 5.75 Å². The number of carboxylic acids is 1. The number of hydrogen-bond donors (Lipinski definition) is 2. The summed E-state index contributed by atoms with van der Waals surface area (Å²) in [5, 5.41) is 14.4. The van der Waals surface area contributed by atoms with Gasteiger partial charge in [0, 0.05) is 6.54 Å². The van der Waals surface area contributed by atoms with Gasteiger partial charge in [0.1, 0.15) is 17.9 Å². The Labute approximate surface area is 157 Å². The zero-order chi connectivity index (χ0) is 20.5. The SMILES string of the molecule is C[C@H]1C[C@@H](COc2cccc(C(=O)O)c2)N(c2cn[nH]c(=O)c2C(F)(F)F)C1. The number of aromatic carboxylic acids is 1. The van der Waals surface area contributed by atoms with Crippen LogP contribution in [-0.4, -0.2) is 40.5 Å². The maximum absolute atomic E-state index is 13.4. The number of nitrogens with one attached hydrogen (secondary N) is 1. The lowest BCUT2D eigenvalue weighted by molar-refractivity contribution is -0.138. The van der Waals surface area contributed by atoms with Crippen LogP contribution in [0.2, 0.25) is 0 Å². The van der Waals surface area contributed by atoms with Crippen LogP contribution in [0.4, 0.5) is 18.9 Å². The van der Waals surface area contributed by atoms with Gasteiger partial charge in [-0.3, -0.25) is 4.79 Å². The Morgan fingerprint density at radius 1 is 1.43 bits per heavy atom. The molecule has 1 aromatic heterocycles. The Morgan fingerprint density at radius 2 is 2.18 bits per heavy atom. The van der Waals surface area contributed by atoms with Gasteiger partial charge in [0.25, 0.3) is 5.56 Å². The maximum Gasteiger partial charge on any atom is 0.423 e. The van der Waals surface area contributed by atoms with Gasteiger partial charge < -0.3 is 14.7 Å². The number of carboxylic acid groups (broad SMARTS) is 1. The lowest BCUT2D eigenvalue weighted by Gasteiger charge is -2.28. The van der Waals surface area contributed by atoms with Gasteiger partial charge in [-0.2, -0.15) is 18.3 Å². The van der Waals surface area contributed by atoms with Crippen molar-refractivity contribution < 1.29 is 27.8 Å². The Hall–Kier alpha value is -3.04. The normalized spacial score (nSPS) is 19.6. The van der Waals surface area contributed by atoms with Crippen LogP contribution in [0.1, 0.15) is 29.3 Å². The first-order valence-corrected chi connectivity index (χ1v) is 8.54. The molecule has 28 heavy (non-hydrogen) atoms. The lowest BCUT2D eigenvalue weighted by atomic mass is 10.1. The Balaban J connectivity index is 1.85. The summed E-state index contributed by atoms with van der Waals surface area (Å²) in [7, 11) is 0. The highest BCUT2D eigenvalue weighted by molar-refractivity contribution is 5.88. The van der Waals surface area contributed by atoms with Gasteiger partial charge in [-0.05, 0) is 30.5 Å². The molecule has 1 aromatic carbocycles. The molecule has 7 nitrogen and oxygen atoms in total. The van der Waals surface area contributed by atoms with Crippen LogP contribution in [0.3, 0.4) is 0 Å². The predicted octanol–water partition coefficient (Wildman–Crippen LogP) is 2.78. The van der Waals surface area contributed by atoms with Gasteiger partial charge in [-0.25, -0.2) is 9.89 Å². The van der Waals surface area contributed by atoms with E-state index in [4.69, 9.17) is 9.84 Å². The minimum Gasteiger partial charge on any atom is -0.491 e. The molecule has 1 saturated heterocycles. The van der Waals surface area contributed by atoms with E-state index in [1.807, 2.05) is 12.0 Å². The molecule has 3 rings (SSSR count). The number of hydrogen-bond acceptors (Lipinski definition) is 5. The third-order valence-corrected chi connectivity index (χ3v) is 4.58. The highest BCUT2D eigenvalue weighted by Crippen LogP contribution is 2.37. The van der Waals surface area contributed by atoms with E-state index >= 15 is 0 Å². The number of carbonyl (C=O) groups is 1. The number of ether oxygens (including phenoxy) is 1. The van der Waals surface area contributed by atoms with Crippen molar-refractivity contribution in [2.24, 2.45) is 5.92 Å². The van der Waals surface area contributed by atoms with E-state index < -0.39 is 29.3 Å². The molecule has 1 fully saturated rings. The highest BCUT2D eigenvalue weighted by Gasteiger charge is 2.41. The summed E-state index contributed by atoms with van der Waals surface area (Å²) < 4.78 is 45.8. The number of benzene rings is 1. The highest BCUT2D eigenvalue weighted by atomic mass is 19.4. The molecule has 2 heterocycles. The largest absolute Gasteiger partial charge is 0.491 e. The van der Waals surface area contributed by atoms with Crippen LogP contribution in [-0.2, 0) is 6.18 Å². The number of rotatable bonds is 5. The average molecular weight is 397 g/mol. The fourth-order valence-electron chi connectivity index (χ4n) is 3.40. The standard InChI is InChI=1S/C18H18F3N3O4/c1-10-5-12(9-28-13-4-2-3-11(6-13)17(26)27)24(8-10)14-7-22-23-16(25)15(14)18(19,20)21/h2-4,6-7,10,12H,5,8-9H2,1H3,(H,23,25)(H,26,27)/t10-,12-/m0/s1. The maximum atomic E-state index is 13.4. The number of halogens is 3. The van der Waals surface area contributed by atoms with E-state index in [2.05, 4.69) is 5.10 Å². The zero-order valence-corrected chi connectivity index (χ0v) is 14.9. The average Bonchev–Trinajstić information content (AvgIpc) is 2.99. The summed E-state index contributed by atoms with van der Waals surface area (Å²) in [4.78, 5) is 24.3. The fraction of sp³-hybridized carbons (Fsp3) is 0.389. The molecule has 0 bridgehead atoms. The van der Waals surface area contributed by atoms with Crippen molar-refractivity contribution in [1.82, 2.24) is 10.2 Å². The van der Waals surface area contributed by atoms with Crippen molar-refractivity contribution in [2.75, 3.05) is 18.1 Å². The zero-order valence-electron chi connectivity index (χ0n) is 14.9. The number of nitrogens with zero attached hydrogens (tertiary/aromatic N) is 2. The molecule has 10 heteroatoms.